The van der Waals surface area contributed by atoms with Crippen LogP contribution in [-0.4, -0.2) is 26.8 Å². The van der Waals surface area contributed by atoms with E-state index in [1.165, 1.54) is 12.8 Å². The van der Waals surface area contributed by atoms with Crippen molar-refractivity contribution in [2.24, 2.45) is 0 Å². The first kappa shape index (κ1) is 11.6. The van der Waals surface area contributed by atoms with E-state index in [4.69, 9.17) is 0 Å². The summed E-state index contributed by atoms with van der Waals surface area (Å²) in [4.78, 5) is 0.465. The minimum Gasteiger partial charge on any atom is -0.313 e. The predicted molar refractivity (Wildman–Crippen MR) is 64.3 cm³/mol. The lowest BCUT2D eigenvalue weighted by Crippen LogP contribution is -2.25. The Kier molecular flexibility index (Phi) is 3.30. The van der Waals surface area contributed by atoms with Crippen molar-refractivity contribution in [1.29, 1.82) is 0 Å². The van der Waals surface area contributed by atoms with Gasteiger partial charge in [-0.05, 0) is 31.4 Å². The molecule has 1 aliphatic rings. The van der Waals surface area contributed by atoms with Crippen LogP contribution in [0.2, 0.25) is 0 Å². The van der Waals surface area contributed by atoms with Crippen molar-refractivity contribution >= 4 is 9.84 Å². The van der Waals surface area contributed by atoms with Crippen LogP contribution in [0.25, 0.3) is 0 Å². The number of rotatable bonds is 5. The molecule has 4 heteroatoms. The molecular formula is C12H17NO2S. The molecule has 1 N–H and O–H groups in total. The van der Waals surface area contributed by atoms with Gasteiger partial charge < -0.3 is 5.32 Å². The monoisotopic (exact) mass is 239 g/mol. The van der Waals surface area contributed by atoms with Gasteiger partial charge in [-0.1, -0.05) is 18.2 Å². The zero-order chi connectivity index (χ0) is 11.6. The third kappa shape index (κ3) is 2.83. The van der Waals surface area contributed by atoms with E-state index in [1.807, 2.05) is 19.1 Å². The van der Waals surface area contributed by atoms with Gasteiger partial charge in [0.15, 0.2) is 9.84 Å². The van der Waals surface area contributed by atoms with Crippen LogP contribution < -0.4 is 5.32 Å². The van der Waals surface area contributed by atoms with Crippen LogP contribution >= 0.6 is 0 Å². The molecule has 1 aliphatic carbocycles. The summed E-state index contributed by atoms with van der Waals surface area (Å²) in [6.45, 7) is 2.39. The molecule has 88 valence electrons. The molecule has 0 amide bonds. The summed E-state index contributed by atoms with van der Waals surface area (Å²) in [6, 6.07) is 7.71. The second kappa shape index (κ2) is 4.55. The highest BCUT2D eigenvalue weighted by molar-refractivity contribution is 7.91. The molecule has 0 spiro atoms. The van der Waals surface area contributed by atoms with E-state index in [9.17, 15) is 8.42 Å². The molecule has 0 bridgehead atoms. The molecule has 0 aromatic heterocycles. The summed E-state index contributed by atoms with van der Waals surface area (Å²) < 4.78 is 24.0. The zero-order valence-corrected chi connectivity index (χ0v) is 10.3. The fraction of sp³-hybridized carbons (Fsp3) is 0.500. The minimum absolute atomic E-state index is 0.189. The van der Waals surface area contributed by atoms with E-state index in [1.54, 1.807) is 12.1 Å². The molecule has 0 radical (unpaired) electrons. The van der Waals surface area contributed by atoms with Crippen molar-refractivity contribution < 1.29 is 8.42 Å². The van der Waals surface area contributed by atoms with E-state index in [-0.39, 0.29) is 5.75 Å². The van der Waals surface area contributed by atoms with E-state index in [0.29, 0.717) is 17.5 Å². The predicted octanol–water partition coefficient (Wildman–Crippen LogP) is 1.52. The van der Waals surface area contributed by atoms with Crippen molar-refractivity contribution in [3.05, 3.63) is 29.8 Å². The van der Waals surface area contributed by atoms with Gasteiger partial charge in [0.2, 0.25) is 0 Å². The molecule has 3 nitrogen and oxygen atoms in total. The maximum absolute atomic E-state index is 12.0. The van der Waals surface area contributed by atoms with Crippen molar-refractivity contribution in [2.45, 2.75) is 30.7 Å². The van der Waals surface area contributed by atoms with Crippen molar-refractivity contribution in [1.82, 2.24) is 5.32 Å². The molecule has 1 aromatic rings. The molecule has 0 saturated heterocycles. The SMILES string of the molecule is Cc1ccccc1S(=O)(=O)CCNC1CC1. The lowest BCUT2D eigenvalue weighted by molar-refractivity contribution is 0.590. The molecule has 1 fully saturated rings. The number of hydrogen-bond donors (Lipinski definition) is 1. The topological polar surface area (TPSA) is 46.2 Å². The lowest BCUT2D eigenvalue weighted by atomic mass is 10.2. The fourth-order valence-electron chi connectivity index (χ4n) is 1.70. The third-order valence-corrected chi connectivity index (χ3v) is 4.68. The fourth-order valence-corrected chi connectivity index (χ4v) is 3.15. The normalized spacial score (nSPS) is 16.3. The number of aryl methyl sites for hydroxylation is 1. The summed E-state index contributed by atoms with van der Waals surface area (Å²) in [7, 11) is -3.12. The summed E-state index contributed by atoms with van der Waals surface area (Å²) in [6.07, 6.45) is 2.37. The van der Waals surface area contributed by atoms with Gasteiger partial charge in [0.25, 0.3) is 0 Å². The molecule has 0 heterocycles. The highest BCUT2D eigenvalue weighted by atomic mass is 32.2. The quantitative estimate of drug-likeness (QED) is 0.847. The van der Waals surface area contributed by atoms with Gasteiger partial charge in [-0.25, -0.2) is 8.42 Å². The van der Waals surface area contributed by atoms with E-state index >= 15 is 0 Å². The molecule has 1 saturated carbocycles. The average Bonchev–Trinajstić information content (AvgIpc) is 3.02. The van der Waals surface area contributed by atoms with Crippen molar-refractivity contribution in [3.8, 4) is 0 Å². The first-order valence-corrected chi connectivity index (χ1v) is 7.26. The van der Waals surface area contributed by atoms with Gasteiger partial charge in [0.1, 0.15) is 0 Å². The minimum atomic E-state index is -3.12. The summed E-state index contributed by atoms with van der Waals surface area (Å²) in [5.74, 6) is 0.189. The van der Waals surface area contributed by atoms with E-state index < -0.39 is 9.84 Å². The standard InChI is InChI=1S/C12H17NO2S/c1-10-4-2-3-5-12(10)16(14,15)9-8-13-11-6-7-11/h2-5,11,13H,6-9H2,1H3. The molecule has 0 aliphatic heterocycles. The Morgan fingerprint density at radius 1 is 1.31 bits per heavy atom. The molecule has 0 unspecified atom stereocenters. The van der Waals surface area contributed by atoms with Crippen LogP contribution in [0.15, 0.2) is 29.2 Å². The van der Waals surface area contributed by atoms with Crippen LogP contribution in [0.4, 0.5) is 0 Å². The van der Waals surface area contributed by atoms with Crippen LogP contribution in [0.1, 0.15) is 18.4 Å². The van der Waals surface area contributed by atoms with Gasteiger partial charge in [0, 0.05) is 12.6 Å². The second-order valence-electron chi connectivity index (χ2n) is 4.31. The van der Waals surface area contributed by atoms with Crippen molar-refractivity contribution in [3.63, 3.8) is 0 Å². The smallest absolute Gasteiger partial charge is 0.179 e. The number of sulfone groups is 1. The van der Waals surface area contributed by atoms with E-state index in [0.717, 1.165) is 5.56 Å². The number of benzene rings is 1. The van der Waals surface area contributed by atoms with Gasteiger partial charge >= 0.3 is 0 Å². The highest BCUT2D eigenvalue weighted by Gasteiger charge is 2.22. The average molecular weight is 239 g/mol. The van der Waals surface area contributed by atoms with Crippen molar-refractivity contribution in [2.75, 3.05) is 12.3 Å². The van der Waals surface area contributed by atoms with Gasteiger partial charge in [-0.2, -0.15) is 0 Å². The maximum atomic E-state index is 12.0. The molecular weight excluding hydrogens is 222 g/mol. The number of hydrogen-bond acceptors (Lipinski definition) is 3. The lowest BCUT2D eigenvalue weighted by Gasteiger charge is -2.07. The van der Waals surface area contributed by atoms with E-state index in [2.05, 4.69) is 5.32 Å². The molecule has 2 rings (SSSR count). The van der Waals surface area contributed by atoms with Gasteiger partial charge in [-0.15, -0.1) is 0 Å². The van der Waals surface area contributed by atoms with Gasteiger partial charge in [0.05, 0.1) is 10.6 Å². The Morgan fingerprint density at radius 3 is 2.62 bits per heavy atom. The second-order valence-corrected chi connectivity index (χ2v) is 6.39. The number of nitrogens with one attached hydrogen (secondary N) is 1. The van der Waals surface area contributed by atoms with Crippen LogP contribution in [0.3, 0.4) is 0 Å². The summed E-state index contributed by atoms with van der Waals surface area (Å²) >= 11 is 0. The van der Waals surface area contributed by atoms with Gasteiger partial charge in [-0.3, -0.25) is 0 Å². The third-order valence-electron chi connectivity index (χ3n) is 2.81. The Morgan fingerprint density at radius 2 is 2.00 bits per heavy atom. The first-order valence-electron chi connectivity index (χ1n) is 5.61. The first-order chi connectivity index (χ1) is 7.59. The van der Waals surface area contributed by atoms with Crippen LogP contribution in [-0.2, 0) is 9.84 Å². The Bertz CT molecular complexity index is 464. The Balaban J connectivity index is 2.03. The molecule has 1 aromatic carbocycles. The molecule has 0 atom stereocenters. The Labute approximate surface area is 96.8 Å². The maximum Gasteiger partial charge on any atom is 0.179 e. The molecule has 16 heavy (non-hydrogen) atoms. The largest absolute Gasteiger partial charge is 0.313 e. The Hall–Kier alpha value is -0.870. The zero-order valence-electron chi connectivity index (χ0n) is 9.44. The van der Waals surface area contributed by atoms with Crippen LogP contribution in [0, 0.1) is 6.92 Å². The van der Waals surface area contributed by atoms with Crippen LogP contribution in [0.5, 0.6) is 0 Å². The summed E-state index contributed by atoms with van der Waals surface area (Å²) in [5.41, 5.74) is 0.828. The highest BCUT2D eigenvalue weighted by Crippen LogP contribution is 2.19. The summed E-state index contributed by atoms with van der Waals surface area (Å²) in [5, 5.41) is 3.22.